The normalized spacial score (nSPS) is 19.2. The monoisotopic (exact) mass is 456 g/mol. The molecule has 1 aliphatic carbocycles. The molecule has 4 rings (SSSR count). The van der Waals surface area contributed by atoms with Crippen LogP contribution in [0.3, 0.4) is 0 Å². The second kappa shape index (κ2) is 9.63. The molecule has 0 bridgehead atoms. The third kappa shape index (κ3) is 4.55. The van der Waals surface area contributed by atoms with Gasteiger partial charge in [0.2, 0.25) is 15.9 Å². The first-order valence-corrected chi connectivity index (χ1v) is 13.0. The average Bonchev–Trinajstić information content (AvgIpc) is 3.14. The summed E-state index contributed by atoms with van der Waals surface area (Å²) in [5, 5.41) is 0. The van der Waals surface area contributed by atoms with Crippen LogP contribution in [0.25, 0.3) is 0 Å². The predicted octanol–water partition coefficient (Wildman–Crippen LogP) is 4.39. The first kappa shape index (κ1) is 22.8. The molecule has 2 aromatic rings. The number of carbonyl (C=O) groups excluding carboxylic acids is 1. The topological polar surface area (TPSA) is 66.9 Å². The molecule has 0 unspecified atom stereocenters. The van der Waals surface area contributed by atoms with E-state index in [9.17, 15) is 13.2 Å². The Balaban J connectivity index is 1.63. The molecule has 1 aliphatic heterocycles. The molecule has 1 fully saturated rings. The number of fused-ring (bicyclic) bond motifs is 1. The number of amides is 1. The molecule has 32 heavy (non-hydrogen) atoms. The predicted molar refractivity (Wildman–Crippen MR) is 125 cm³/mol. The van der Waals surface area contributed by atoms with Crippen LogP contribution in [0.15, 0.2) is 53.4 Å². The molecular formula is C25H32N2O4S. The van der Waals surface area contributed by atoms with Crippen LogP contribution in [0.1, 0.15) is 51.5 Å². The van der Waals surface area contributed by atoms with Gasteiger partial charge in [-0.2, -0.15) is 4.31 Å². The van der Waals surface area contributed by atoms with Crippen LogP contribution < -0.4 is 9.64 Å². The van der Waals surface area contributed by atoms with Crippen LogP contribution in [0, 0.1) is 0 Å². The van der Waals surface area contributed by atoms with Crippen molar-refractivity contribution in [2.24, 2.45) is 0 Å². The number of ether oxygens (including phenoxy) is 1. The lowest BCUT2D eigenvalue weighted by atomic mass is 9.95. The SMILES string of the molecule is CCOc1ccc(S(=O)(=O)N(CC(=O)N2c3ccccc3C[C@H]2C)C2CCCCC2)cc1. The standard InChI is InChI=1S/C25H32N2O4S/c1-3-31-22-13-15-23(16-14-22)32(29,30)26(21-10-5-4-6-11-21)18-25(28)27-19(2)17-20-9-7-8-12-24(20)27/h7-9,12-16,19,21H,3-6,10-11,17-18H2,1-2H3/t19-/m1/s1. The zero-order chi connectivity index (χ0) is 22.7. The minimum absolute atomic E-state index is 0.0151. The summed E-state index contributed by atoms with van der Waals surface area (Å²) >= 11 is 0. The molecule has 0 N–H and O–H groups in total. The minimum atomic E-state index is -3.82. The van der Waals surface area contributed by atoms with E-state index in [0.29, 0.717) is 12.4 Å². The summed E-state index contributed by atoms with van der Waals surface area (Å²) in [7, 11) is -3.82. The number of para-hydroxylation sites is 1. The van der Waals surface area contributed by atoms with Gasteiger partial charge in [-0.05, 0) is 69.0 Å². The number of hydrogen-bond donors (Lipinski definition) is 0. The highest BCUT2D eigenvalue weighted by atomic mass is 32.2. The lowest BCUT2D eigenvalue weighted by molar-refractivity contribution is -0.119. The smallest absolute Gasteiger partial charge is 0.243 e. The highest BCUT2D eigenvalue weighted by Crippen LogP contribution is 2.33. The average molecular weight is 457 g/mol. The zero-order valence-corrected chi connectivity index (χ0v) is 19.7. The molecular weight excluding hydrogens is 424 g/mol. The van der Waals surface area contributed by atoms with Gasteiger partial charge in [0.1, 0.15) is 5.75 Å². The second-order valence-corrected chi connectivity index (χ2v) is 10.6. The Morgan fingerprint density at radius 2 is 1.75 bits per heavy atom. The first-order chi connectivity index (χ1) is 15.4. The van der Waals surface area contributed by atoms with Crippen LogP contribution >= 0.6 is 0 Å². The number of sulfonamides is 1. The zero-order valence-electron chi connectivity index (χ0n) is 18.9. The highest BCUT2D eigenvalue weighted by Gasteiger charge is 2.38. The van der Waals surface area contributed by atoms with Crippen LogP contribution in [-0.2, 0) is 21.2 Å². The van der Waals surface area contributed by atoms with Crippen LogP contribution in [-0.4, -0.2) is 43.9 Å². The Labute approximate surface area is 191 Å². The lowest BCUT2D eigenvalue weighted by Gasteiger charge is -2.34. The molecule has 0 spiro atoms. The summed E-state index contributed by atoms with van der Waals surface area (Å²) in [4.78, 5) is 15.5. The molecule has 2 aromatic carbocycles. The van der Waals surface area contributed by atoms with Gasteiger partial charge in [0.25, 0.3) is 0 Å². The molecule has 0 saturated heterocycles. The molecule has 1 saturated carbocycles. The maximum atomic E-state index is 13.7. The van der Waals surface area contributed by atoms with Gasteiger partial charge in [0.05, 0.1) is 18.0 Å². The van der Waals surface area contributed by atoms with Crippen molar-refractivity contribution in [3.05, 3.63) is 54.1 Å². The summed E-state index contributed by atoms with van der Waals surface area (Å²) in [5.74, 6) is 0.469. The summed E-state index contributed by atoms with van der Waals surface area (Å²) in [6.07, 6.45) is 5.44. The molecule has 1 amide bonds. The fraction of sp³-hybridized carbons (Fsp3) is 0.480. The van der Waals surface area contributed by atoms with Gasteiger partial charge in [0, 0.05) is 17.8 Å². The van der Waals surface area contributed by atoms with Gasteiger partial charge in [0.15, 0.2) is 0 Å². The van der Waals surface area contributed by atoms with Crippen LogP contribution in [0.4, 0.5) is 5.69 Å². The van der Waals surface area contributed by atoms with E-state index in [-0.39, 0.29) is 29.4 Å². The minimum Gasteiger partial charge on any atom is -0.494 e. The van der Waals surface area contributed by atoms with E-state index in [0.717, 1.165) is 49.8 Å². The Kier molecular flexibility index (Phi) is 6.86. The number of hydrogen-bond acceptors (Lipinski definition) is 4. The summed E-state index contributed by atoms with van der Waals surface area (Å²) in [6, 6.07) is 14.3. The van der Waals surface area contributed by atoms with E-state index in [1.54, 1.807) is 29.2 Å². The van der Waals surface area contributed by atoms with E-state index in [1.165, 1.54) is 4.31 Å². The molecule has 172 valence electrons. The van der Waals surface area contributed by atoms with E-state index in [2.05, 4.69) is 0 Å². The van der Waals surface area contributed by atoms with Crippen molar-refractivity contribution in [2.75, 3.05) is 18.1 Å². The first-order valence-electron chi connectivity index (χ1n) is 11.6. The second-order valence-electron chi connectivity index (χ2n) is 8.69. The highest BCUT2D eigenvalue weighted by molar-refractivity contribution is 7.89. The molecule has 0 radical (unpaired) electrons. The van der Waals surface area contributed by atoms with Crippen molar-refractivity contribution in [1.82, 2.24) is 4.31 Å². The van der Waals surface area contributed by atoms with Crippen molar-refractivity contribution in [1.29, 1.82) is 0 Å². The van der Waals surface area contributed by atoms with Crippen molar-refractivity contribution >= 4 is 21.6 Å². The maximum absolute atomic E-state index is 13.7. The number of carbonyl (C=O) groups is 1. The van der Waals surface area contributed by atoms with E-state index >= 15 is 0 Å². The van der Waals surface area contributed by atoms with E-state index in [4.69, 9.17) is 4.74 Å². The van der Waals surface area contributed by atoms with Crippen molar-refractivity contribution in [3.63, 3.8) is 0 Å². The van der Waals surface area contributed by atoms with Gasteiger partial charge in [-0.25, -0.2) is 8.42 Å². The molecule has 1 heterocycles. The summed E-state index contributed by atoms with van der Waals surface area (Å²) in [5.41, 5.74) is 2.03. The van der Waals surface area contributed by atoms with E-state index < -0.39 is 10.0 Å². The van der Waals surface area contributed by atoms with Gasteiger partial charge in [-0.3, -0.25) is 4.79 Å². The van der Waals surface area contributed by atoms with Crippen molar-refractivity contribution in [3.8, 4) is 5.75 Å². The lowest BCUT2D eigenvalue weighted by Crippen LogP contribution is -2.49. The number of nitrogens with zero attached hydrogens (tertiary/aromatic N) is 2. The van der Waals surface area contributed by atoms with Gasteiger partial charge in [-0.1, -0.05) is 37.5 Å². The third-order valence-electron chi connectivity index (χ3n) is 6.49. The molecule has 7 heteroatoms. The Morgan fingerprint density at radius 3 is 2.44 bits per heavy atom. The molecule has 2 aliphatic rings. The van der Waals surface area contributed by atoms with Gasteiger partial charge >= 0.3 is 0 Å². The molecule has 6 nitrogen and oxygen atoms in total. The number of rotatable bonds is 7. The largest absolute Gasteiger partial charge is 0.494 e. The van der Waals surface area contributed by atoms with Crippen molar-refractivity contribution in [2.45, 2.75) is 69.4 Å². The number of anilines is 1. The Hall–Kier alpha value is -2.38. The van der Waals surface area contributed by atoms with E-state index in [1.807, 2.05) is 38.1 Å². The summed E-state index contributed by atoms with van der Waals surface area (Å²) in [6.45, 7) is 4.28. The summed E-state index contributed by atoms with van der Waals surface area (Å²) < 4.78 is 34.3. The molecule has 0 aromatic heterocycles. The molecule has 1 atom stereocenters. The third-order valence-corrected chi connectivity index (χ3v) is 8.40. The maximum Gasteiger partial charge on any atom is 0.243 e. The van der Waals surface area contributed by atoms with Gasteiger partial charge < -0.3 is 9.64 Å². The fourth-order valence-electron chi connectivity index (χ4n) is 4.94. The number of benzene rings is 2. The Morgan fingerprint density at radius 1 is 1.06 bits per heavy atom. The fourth-order valence-corrected chi connectivity index (χ4v) is 6.58. The van der Waals surface area contributed by atoms with Crippen molar-refractivity contribution < 1.29 is 17.9 Å². The Bertz CT molecular complexity index is 1050. The van der Waals surface area contributed by atoms with Gasteiger partial charge in [-0.15, -0.1) is 0 Å². The quantitative estimate of drug-likeness (QED) is 0.620. The van der Waals surface area contributed by atoms with Crippen LogP contribution in [0.5, 0.6) is 5.75 Å². The van der Waals surface area contributed by atoms with Crippen LogP contribution in [0.2, 0.25) is 0 Å².